The molecule has 1 aliphatic rings. The van der Waals surface area contributed by atoms with Crippen LogP contribution in [0.3, 0.4) is 0 Å². The molecule has 1 aliphatic carbocycles. The summed E-state index contributed by atoms with van der Waals surface area (Å²) < 4.78 is 3.86. The van der Waals surface area contributed by atoms with Crippen molar-refractivity contribution in [3.8, 4) is 6.07 Å². The third kappa shape index (κ3) is 3.54. The highest BCUT2D eigenvalue weighted by Gasteiger charge is 2.26. The van der Waals surface area contributed by atoms with E-state index in [0.29, 0.717) is 4.88 Å². The molecule has 1 fully saturated rings. The summed E-state index contributed by atoms with van der Waals surface area (Å²) in [7, 11) is 0. The topological polar surface area (TPSA) is 78.7 Å². The predicted octanol–water partition coefficient (Wildman–Crippen LogP) is 2.69. The molecule has 1 aromatic rings. The van der Waals surface area contributed by atoms with Crippen molar-refractivity contribution in [1.29, 1.82) is 5.26 Å². The van der Waals surface area contributed by atoms with Crippen LogP contribution in [0.15, 0.2) is 0 Å². The number of carbonyl (C=O) groups is 1. The van der Waals surface area contributed by atoms with Gasteiger partial charge in [-0.1, -0.05) is 37.1 Å². The Hall–Kier alpha value is -1.48. The second-order valence-electron chi connectivity index (χ2n) is 5.28. The van der Waals surface area contributed by atoms with E-state index in [9.17, 15) is 10.1 Å². The number of nitrogens with one attached hydrogen (secondary N) is 1. The first-order chi connectivity index (χ1) is 9.76. The summed E-state index contributed by atoms with van der Waals surface area (Å²) >= 11 is 1.11. The largest absolute Gasteiger partial charge is 0.335 e. The monoisotopic (exact) mass is 292 g/mol. The van der Waals surface area contributed by atoms with Crippen LogP contribution in [0, 0.1) is 17.2 Å². The maximum absolute atomic E-state index is 12.3. The van der Waals surface area contributed by atoms with Crippen molar-refractivity contribution in [2.45, 2.75) is 57.9 Å². The number of nitrogens with zero attached hydrogens (tertiary/aromatic N) is 3. The van der Waals surface area contributed by atoms with E-state index in [2.05, 4.69) is 21.0 Å². The normalized spacial score (nSPS) is 17.4. The summed E-state index contributed by atoms with van der Waals surface area (Å²) in [6.07, 6.45) is 7.28. The highest BCUT2D eigenvalue weighted by Crippen LogP contribution is 2.26. The van der Waals surface area contributed by atoms with E-state index >= 15 is 0 Å². The molecule has 1 saturated carbocycles. The fraction of sp³-hybridized carbons (Fsp3) is 0.714. The van der Waals surface area contributed by atoms with Gasteiger partial charge in [0.05, 0.1) is 11.8 Å². The zero-order valence-electron chi connectivity index (χ0n) is 11.8. The zero-order valence-corrected chi connectivity index (χ0v) is 12.6. The summed E-state index contributed by atoms with van der Waals surface area (Å²) in [5.74, 6) is 0.0915. The van der Waals surface area contributed by atoms with E-state index in [-0.39, 0.29) is 17.9 Å². The average Bonchev–Trinajstić information content (AvgIpc) is 2.94. The Balaban J connectivity index is 2.01. The summed E-state index contributed by atoms with van der Waals surface area (Å²) in [4.78, 5) is 12.8. The minimum Gasteiger partial charge on any atom is -0.335 e. The van der Waals surface area contributed by atoms with Gasteiger partial charge in [-0.15, -0.1) is 5.10 Å². The van der Waals surface area contributed by atoms with E-state index in [1.807, 2.05) is 6.92 Å². The van der Waals surface area contributed by atoms with Crippen LogP contribution >= 0.6 is 11.5 Å². The first kappa shape index (κ1) is 14.9. The van der Waals surface area contributed by atoms with Gasteiger partial charge in [0.25, 0.3) is 5.91 Å². The standard InChI is InChI=1S/C14H20N4OS/c1-2-6-11-13(20-18-17-11)14(19)16-12(9-15)10-7-4-3-5-8-10/h10,12H,2-8H2,1H3,(H,16,19). The molecule has 0 spiro atoms. The third-order valence-corrected chi connectivity index (χ3v) is 4.56. The molecule has 108 valence electrons. The molecule has 5 nitrogen and oxygen atoms in total. The third-order valence-electron chi connectivity index (χ3n) is 3.80. The van der Waals surface area contributed by atoms with Gasteiger partial charge >= 0.3 is 0 Å². The minimum atomic E-state index is -0.389. The second kappa shape index (κ2) is 7.34. The Morgan fingerprint density at radius 2 is 2.25 bits per heavy atom. The molecule has 1 N–H and O–H groups in total. The highest BCUT2D eigenvalue weighted by atomic mass is 32.1. The number of carbonyl (C=O) groups excluding carboxylic acids is 1. The Morgan fingerprint density at radius 1 is 1.50 bits per heavy atom. The van der Waals surface area contributed by atoms with E-state index in [4.69, 9.17) is 0 Å². The summed E-state index contributed by atoms with van der Waals surface area (Å²) in [5, 5.41) is 16.2. The lowest BCUT2D eigenvalue weighted by Gasteiger charge is -2.26. The van der Waals surface area contributed by atoms with Gasteiger partial charge < -0.3 is 5.32 Å². The fourth-order valence-corrected chi connectivity index (χ4v) is 3.32. The minimum absolute atomic E-state index is 0.194. The number of hydrogen-bond acceptors (Lipinski definition) is 5. The molecule has 0 bridgehead atoms. The zero-order chi connectivity index (χ0) is 14.4. The summed E-state index contributed by atoms with van der Waals surface area (Å²) in [5.41, 5.74) is 0.746. The average molecular weight is 292 g/mol. The second-order valence-corrected chi connectivity index (χ2v) is 6.03. The van der Waals surface area contributed by atoms with Crippen molar-refractivity contribution in [3.63, 3.8) is 0 Å². The number of nitriles is 1. The lowest BCUT2D eigenvalue weighted by molar-refractivity contribution is 0.0932. The van der Waals surface area contributed by atoms with Crippen molar-refractivity contribution in [2.75, 3.05) is 0 Å². The number of hydrogen-bond donors (Lipinski definition) is 1. The van der Waals surface area contributed by atoms with Crippen molar-refractivity contribution in [1.82, 2.24) is 14.9 Å². The number of aryl methyl sites for hydroxylation is 1. The molecule has 0 radical (unpaired) electrons. The van der Waals surface area contributed by atoms with Crippen molar-refractivity contribution >= 4 is 17.4 Å². The van der Waals surface area contributed by atoms with Crippen molar-refractivity contribution in [2.24, 2.45) is 5.92 Å². The lowest BCUT2D eigenvalue weighted by atomic mass is 9.84. The molecule has 1 unspecified atom stereocenters. The molecule has 0 aliphatic heterocycles. The van der Waals surface area contributed by atoms with Crippen molar-refractivity contribution < 1.29 is 4.79 Å². The maximum Gasteiger partial charge on any atom is 0.265 e. The van der Waals surface area contributed by atoms with Gasteiger partial charge in [-0.2, -0.15) is 5.26 Å². The molecule has 2 rings (SSSR count). The number of rotatable bonds is 5. The molecule has 20 heavy (non-hydrogen) atoms. The van der Waals surface area contributed by atoms with E-state index in [1.54, 1.807) is 0 Å². The molecule has 0 aromatic carbocycles. The number of aromatic nitrogens is 2. The summed E-state index contributed by atoms with van der Waals surface area (Å²) in [6, 6.07) is 1.86. The maximum atomic E-state index is 12.3. The van der Waals surface area contributed by atoms with Crippen LogP contribution in [0.25, 0.3) is 0 Å². The van der Waals surface area contributed by atoms with Gasteiger partial charge in [0.1, 0.15) is 10.9 Å². The number of amides is 1. The first-order valence-electron chi connectivity index (χ1n) is 7.28. The highest BCUT2D eigenvalue weighted by molar-refractivity contribution is 7.08. The van der Waals surface area contributed by atoms with Crippen LogP contribution in [0.5, 0.6) is 0 Å². The Labute approximate surface area is 123 Å². The van der Waals surface area contributed by atoms with Crippen LogP contribution in [-0.4, -0.2) is 21.5 Å². The lowest BCUT2D eigenvalue weighted by Crippen LogP contribution is -2.40. The van der Waals surface area contributed by atoms with E-state index in [0.717, 1.165) is 55.8 Å². The Morgan fingerprint density at radius 3 is 2.90 bits per heavy atom. The molecule has 1 aromatic heterocycles. The first-order valence-corrected chi connectivity index (χ1v) is 8.05. The summed E-state index contributed by atoms with van der Waals surface area (Å²) in [6.45, 7) is 2.04. The molecule has 1 atom stereocenters. The van der Waals surface area contributed by atoms with Crippen LogP contribution < -0.4 is 5.32 Å². The predicted molar refractivity (Wildman–Crippen MR) is 77.3 cm³/mol. The molecule has 6 heteroatoms. The van der Waals surface area contributed by atoms with Crippen LogP contribution in [0.1, 0.15) is 60.8 Å². The van der Waals surface area contributed by atoms with Gasteiger partial charge in [0.2, 0.25) is 0 Å². The smallest absolute Gasteiger partial charge is 0.265 e. The van der Waals surface area contributed by atoms with Gasteiger partial charge in [-0.05, 0) is 36.7 Å². The van der Waals surface area contributed by atoms with Crippen LogP contribution in [-0.2, 0) is 6.42 Å². The van der Waals surface area contributed by atoms with E-state index in [1.165, 1.54) is 6.42 Å². The van der Waals surface area contributed by atoms with Gasteiger partial charge in [-0.25, -0.2) is 0 Å². The Bertz CT molecular complexity index is 488. The fourth-order valence-electron chi connectivity index (χ4n) is 2.71. The van der Waals surface area contributed by atoms with Gasteiger partial charge in [0, 0.05) is 0 Å². The molecule has 0 saturated heterocycles. The van der Waals surface area contributed by atoms with Crippen LogP contribution in [0.2, 0.25) is 0 Å². The van der Waals surface area contributed by atoms with Crippen LogP contribution in [0.4, 0.5) is 0 Å². The molecule has 1 amide bonds. The van der Waals surface area contributed by atoms with E-state index < -0.39 is 0 Å². The Kier molecular flexibility index (Phi) is 5.48. The molecule has 1 heterocycles. The SMILES string of the molecule is CCCc1nnsc1C(=O)NC(C#N)C1CCCCC1. The molecular formula is C14H20N4OS. The van der Waals surface area contributed by atoms with Gasteiger partial charge in [0.15, 0.2) is 0 Å². The quantitative estimate of drug-likeness (QED) is 0.905. The van der Waals surface area contributed by atoms with Gasteiger partial charge in [-0.3, -0.25) is 4.79 Å². The molecular weight excluding hydrogens is 272 g/mol. The van der Waals surface area contributed by atoms with Crippen molar-refractivity contribution in [3.05, 3.63) is 10.6 Å².